The smallest absolute Gasteiger partial charge is 0.260 e. The van der Waals surface area contributed by atoms with Crippen LogP contribution in [0.1, 0.15) is 18.1 Å². The number of aryl methyl sites for hydroxylation is 1. The zero-order chi connectivity index (χ0) is 19.1. The molecule has 1 N–H and O–H groups in total. The minimum absolute atomic E-state index is 0.158. The molecule has 1 unspecified atom stereocenters. The Labute approximate surface area is 173 Å². The van der Waals surface area contributed by atoms with E-state index in [2.05, 4.69) is 5.32 Å². The molecule has 140 valence electrons. The summed E-state index contributed by atoms with van der Waals surface area (Å²) < 4.78 is 5.66. The van der Waals surface area contributed by atoms with E-state index in [0.717, 1.165) is 16.9 Å². The van der Waals surface area contributed by atoms with Gasteiger partial charge >= 0.3 is 0 Å². The highest BCUT2D eigenvalue weighted by atomic mass is 35.5. The monoisotopic (exact) mass is 431 g/mol. The highest BCUT2D eigenvalue weighted by Gasteiger charge is 2.14. The van der Waals surface area contributed by atoms with Crippen molar-refractivity contribution in [3.05, 3.63) is 62.6 Å². The largest absolute Gasteiger partial charge is 0.481 e. The summed E-state index contributed by atoms with van der Waals surface area (Å²) in [4.78, 5) is 12.1. The summed E-state index contributed by atoms with van der Waals surface area (Å²) >= 11 is 19.9. The van der Waals surface area contributed by atoms with E-state index < -0.39 is 6.10 Å². The number of hydrogen-bond acceptors (Lipinski definition) is 3. The Morgan fingerprint density at radius 1 is 1.15 bits per heavy atom. The molecule has 0 aromatic heterocycles. The number of hydrogen-bond donors (Lipinski definition) is 1. The molecule has 1 atom stereocenters. The number of thioether (sulfide) groups is 1. The minimum atomic E-state index is -0.585. The van der Waals surface area contributed by atoms with E-state index in [4.69, 9.17) is 39.5 Å². The average Bonchev–Trinajstić information content (AvgIpc) is 2.60. The molecule has 2 aromatic carbocycles. The molecular formula is C19H20Cl3NO2S. The van der Waals surface area contributed by atoms with Crippen LogP contribution in [0.5, 0.6) is 5.75 Å². The lowest BCUT2D eigenvalue weighted by Gasteiger charge is -2.15. The topological polar surface area (TPSA) is 38.3 Å². The van der Waals surface area contributed by atoms with Gasteiger partial charge in [-0.1, -0.05) is 40.9 Å². The van der Waals surface area contributed by atoms with E-state index in [0.29, 0.717) is 33.1 Å². The predicted molar refractivity (Wildman–Crippen MR) is 112 cm³/mol. The highest BCUT2D eigenvalue weighted by Crippen LogP contribution is 2.28. The van der Waals surface area contributed by atoms with Crippen molar-refractivity contribution in [3.8, 4) is 5.75 Å². The second-order valence-corrected chi connectivity index (χ2v) is 8.04. The summed E-state index contributed by atoms with van der Waals surface area (Å²) in [5.41, 5.74) is 1.83. The first-order valence-electron chi connectivity index (χ1n) is 8.09. The van der Waals surface area contributed by atoms with Crippen molar-refractivity contribution < 1.29 is 9.53 Å². The van der Waals surface area contributed by atoms with E-state index in [9.17, 15) is 4.79 Å². The Morgan fingerprint density at radius 2 is 1.85 bits per heavy atom. The Bertz CT molecular complexity index is 750. The van der Waals surface area contributed by atoms with Crippen LogP contribution in [0.15, 0.2) is 36.4 Å². The van der Waals surface area contributed by atoms with Gasteiger partial charge in [0, 0.05) is 33.1 Å². The van der Waals surface area contributed by atoms with Crippen LogP contribution in [0, 0.1) is 6.92 Å². The van der Waals surface area contributed by atoms with Gasteiger partial charge in [0.2, 0.25) is 0 Å². The van der Waals surface area contributed by atoms with Crippen LogP contribution >= 0.6 is 46.6 Å². The third kappa shape index (κ3) is 6.27. The molecule has 3 nitrogen and oxygen atoms in total. The van der Waals surface area contributed by atoms with Gasteiger partial charge < -0.3 is 10.1 Å². The first kappa shape index (κ1) is 21.2. The molecule has 7 heteroatoms. The molecule has 0 aliphatic carbocycles. The van der Waals surface area contributed by atoms with Gasteiger partial charge in [0.1, 0.15) is 5.75 Å². The first-order chi connectivity index (χ1) is 12.4. The maximum absolute atomic E-state index is 12.1. The molecule has 0 aliphatic rings. The van der Waals surface area contributed by atoms with Gasteiger partial charge in [0.25, 0.3) is 5.91 Å². The van der Waals surface area contributed by atoms with E-state index in [1.165, 1.54) is 0 Å². The molecule has 0 radical (unpaired) electrons. The Balaban J connectivity index is 1.71. The van der Waals surface area contributed by atoms with Crippen LogP contribution in [0.2, 0.25) is 15.1 Å². The molecule has 1 amide bonds. The lowest BCUT2D eigenvalue weighted by atomic mass is 10.2. The Morgan fingerprint density at radius 3 is 2.50 bits per heavy atom. The second kappa shape index (κ2) is 10.3. The van der Waals surface area contributed by atoms with E-state index >= 15 is 0 Å². The molecule has 0 saturated heterocycles. The van der Waals surface area contributed by atoms with Gasteiger partial charge in [0.05, 0.1) is 0 Å². The standard InChI is InChI=1S/C19H20Cl3NO2S/c1-12-10-14(6-7-16(12)20)25-13(2)19(24)23-8-9-26-11-15-17(21)4-3-5-18(15)22/h3-7,10,13H,8-9,11H2,1-2H3,(H,23,24). The van der Waals surface area contributed by atoms with E-state index in [1.54, 1.807) is 30.8 Å². The third-order valence-corrected chi connectivity index (χ3v) is 5.78. The molecular weight excluding hydrogens is 413 g/mol. The van der Waals surface area contributed by atoms with Crippen LogP contribution in [0.4, 0.5) is 0 Å². The van der Waals surface area contributed by atoms with E-state index in [1.807, 2.05) is 31.2 Å². The zero-order valence-corrected chi connectivity index (χ0v) is 17.6. The number of benzene rings is 2. The lowest BCUT2D eigenvalue weighted by Crippen LogP contribution is -2.37. The van der Waals surface area contributed by atoms with Crippen LogP contribution in [0.25, 0.3) is 0 Å². The normalized spacial score (nSPS) is 11.9. The Kier molecular flexibility index (Phi) is 8.42. The van der Waals surface area contributed by atoms with Crippen molar-refractivity contribution in [1.29, 1.82) is 0 Å². The molecule has 2 aromatic rings. The molecule has 0 heterocycles. The third-order valence-electron chi connectivity index (χ3n) is 3.67. The fourth-order valence-electron chi connectivity index (χ4n) is 2.18. The summed E-state index contributed by atoms with van der Waals surface area (Å²) in [5, 5.41) is 4.86. The van der Waals surface area contributed by atoms with Crippen LogP contribution < -0.4 is 10.1 Å². The van der Waals surface area contributed by atoms with Gasteiger partial charge in [-0.3, -0.25) is 4.79 Å². The minimum Gasteiger partial charge on any atom is -0.481 e. The van der Waals surface area contributed by atoms with Crippen LogP contribution in [-0.4, -0.2) is 24.3 Å². The van der Waals surface area contributed by atoms with Gasteiger partial charge in [0.15, 0.2) is 6.10 Å². The zero-order valence-electron chi connectivity index (χ0n) is 14.5. The number of ether oxygens (including phenoxy) is 1. The quantitative estimate of drug-likeness (QED) is 0.538. The molecule has 0 bridgehead atoms. The van der Waals surface area contributed by atoms with Crippen molar-refractivity contribution in [3.63, 3.8) is 0 Å². The fourth-order valence-corrected chi connectivity index (χ4v) is 3.90. The van der Waals surface area contributed by atoms with Gasteiger partial charge in [-0.25, -0.2) is 0 Å². The fraction of sp³-hybridized carbons (Fsp3) is 0.316. The number of amides is 1. The predicted octanol–water partition coefficient (Wildman–Crippen LogP) is 5.77. The van der Waals surface area contributed by atoms with Crippen LogP contribution in [0.3, 0.4) is 0 Å². The summed E-state index contributed by atoms with van der Waals surface area (Å²) in [6.07, 6.45) is -0.585. The number of nitrogens with one attached hydrogen (secondary N) is 1. The summed E-state index contributed by atoms with van der Waals surface area (Å²) in [6.45, 7) is 4.15. The maximum Gasteiger partial charge on any atom is 0.260 e. The highest BCUT2D eigenvalue weighted by molar-refractivity contribution is 7.98. The number of rotatable bonds is 8. The summed E-state index contributed by atoms with van der Waals surface area (Å²) in [6, 6.07) is 10.8. The summed E-state index contributed by atoms with van der Waals surface area (Å²) in [7, 11) is 0. The SMILES string of the molecule is Cc1cc(OC(C)C(=O)NCCSCc2c(Cl)cccc2Cl)ccc1Cl. The number of halogens is 3. The van der Waals surface area contributed by atoms with Gasteiger partial charge in [-0.2, -0.15) is 11.8 Å². The number of carbonyl (C=O) groups is 1. The van der Waals surface area contributed by atoms with Crippen molar-refractivity contribution in [2.75, 3.05) is 12.3 Å². The van der Waals surface area contributed by atoms with Gasteiger partial charge in [-0.05, 0) is 55.3 Å². The van der Waals surface area contributed by atoms with Crippen LogP contribution in [-0.2, 0) is 10.5 Å². The molecule has 0 fully saturated rings. The Hall–Kier alpha value is -1.07. The van der Waals surface area contributed by atoms with Crippen molar-refractivity contribution in [2.45, 2.75) is 25.7 Å². The number of carbonyl (C=O) groups excluding carboxylic acids is 1. The molecule has 2 rings (SSSR count). The van der Waals surface area contributed by atoms with Crippen molar-refractivity contribution in [1.82, 2.24) is 5.32 Å². The molecule has 0 saturated carbocycles. The average molecular weight is 433 g/mol. The molecule has 0 spiro atoms. The second-order valence-electron chi connectivity index (χ2n) is 5.71. The van der Waals surface area contributed by atoms with Crippen molar-refractivity contribution >= 4 is 52.5 Å². The van der Waals surface area contributed by atoms with Crippen molar-refractivity contribution in [2.24, 2.45) is 0 Å². The lowest BCUT2D eigenvalue weighted by molar-refractivity contribution is -0.127. The molecule has 0 aliphatic heterocycles. The first-order valence-corrected chi connectivity index (χ1v) is 10.4. The van der Waals surface area contributed by atoms with Gasteiger partial charge in [-0.15, -0.1) is 0 Å². The maximum atomic E-state index is 12.1. The summed E-state index contributed by atoms with van der Waals surface area (Å²) in [5.74, 6) is 1.91. The molecule has 26 heavy (non-hydrogen) atoms. The van der Waals surface area contributed by atoms with E-state index in [-0.39, 0.29) is 5.91 Å².